The van der Waals surface area contributed by atoms with Crippen LogP contribution in [0.25, 0.3) is 5.78 Å². The molecule has 0 aliphatic heterocycles. The molecule has 7 nitrogen and oxygen atoms in total. The van der Waals surface area contributed by atoms with E-state index in [2.05, 4.69) is 25.7 Å². The normalized spacial score (nSPS) is 10.9. The zero-order valence-electron chi connectivity index (χ0n) is 15.9. The molecule has 0 aliphatic rings. The molecule has 29 heavy (non-hydrogen) atoms. The predicted octanol–water partition coefficient (Wildman–Crippen LogP) is 3.15. The molecule has 0 saturated carbocycles. The topological polar surface area (TPSA) is 84.2 Å². The van der Waals surface area contributed by atoms with Gasteiger partial charge in [-0.1, -0.05) is 60.7 Å². The van der Waals surface area contributed by atoms with Crippen LogP contribution in [-0.4, -0.2) is 32.2 Å². The van der Waals surface area contributed by atoms with E-state index in [9.17, 15) is 4.79 Å². The second-order valence-electron chi connectivity index (χ2n) is 6.72. The monoisotopic (exact) mass is 386 g/mol. The van der Waals surface area contributed by atoms with Crippen LogP contribution >= 0.6 is 0 Å². The molecule has 0 atom stereocenters. The fraction of sp³-hybridized carbons (Fsp3) is 0.182. The minimum atomic E-state index is -0.198. The van der Waals surface area contributed by atoms with Crippen LogP contribution in [0.1, 0.15) is 29.2 Å². The molecule has 0 aliphatic carbocycles. The fourth-order valence-corrected chi connectivity index (χ4v) is 3.21. The van der Waals surface area contributed by atoms with Crippen molar-refractivity contribution in [3.05, 3.63) is 96.1 Å². The SMILES string of the molecule is O=C(NCCCc1cnc2ncnn2c1)NC(c1ccccc1)c1ccccc1. The summed E-state index contributed by atoms with van der Waals surface area (Å²) in [6, 6.07) is 19.5. The average molecular weight is 386 g/mol. The number of aryl methyl sites for hydroxylation is 1. The van der Waals surface area contributed by atoms with E-state index in [1.165, 1.54) is 6.33 Å². The van der Waals surface area contributed by atoms with Crippen molar-refractivity contribution in [2.75, 3.05) is 6.54 Å². The molecule has 7 heteroatoms. The first kappa shape index (κ1) is 18.6. The lowest BCUT2D eigenvalue weighted by molar-refractivity contribution is 0.238. The highest BCUT2D eigenvalue weighted by molar-refractivity contribution is 5.75. The van der Waals surface area contributed by atoms with Crippen molar-refractivity contribution < 1.29 is 4.79 Å². The lowest BCUT2D eigenvalue weighted by Gasteiger charge is -2.20. The van der Waals surface area contributed by atoms with E-state index in [-0.39, 0.29) is 12.1 Å². The van der Waals surface area contributed by atoms with Crippen molar-refractivity contribution in [1.29, 1.82) is 0 Å². The number of fused-ring (bicyclic) bond motifs is 1. The Morgan fingerprint density at radius 2 is 1.66 bits per heavy atom. The third-order valence-corrected chi connectivity index (χ3v) is 4.66. The lowest BCUT2D eigenvalue weighted by Crippen LogP contribution is -2.38. The van der Waals surface area contributed by atoms with E-state index < -0.39 is 0 Å². The number of hydrogen-bond donors (Lipinski definition) is 2. The third-order valence-electron chi connectivity index (χ3n) is 4.66. The Balaban J connectivity index is 1.32. The second kappa shape index (κ2) is 8.97. The van der Waals surface area contributed by atoms with Gasteiger partial charge in [0.2, 0.25) is 0 Å². The Hall–Kier alpha value is -3.74. The van der Waals surface area contributed by atoms with Gasteiger partial charge in [0.05, 0.1) is 6.04 Å². The third kappa shape index (κ3) is 4.76. The van der Waals surface area contributed by atoms with Gasteiger partial charge >= 0.3 is 6.03 Å². The van der Waals surface area contributed by atoms with E-state index in [4.69, 9.17) is 0 Å². The predicted molar refractivity (Wildman–Crippen MR) is 110 cm³/mol. The number of carbonyl (C=O) groups excluding carboxylic acids is 1. The van der Waals surface area contributed by atoms with Gasteiger partial charge < -0.3 is 10.6 Å². The van der Waals surface area contributed by atoms with Crippen molar-refractivity contribution in [1.82, 2.24) is 30.2 Å². The first-order chi connectivity index (χ1) is 14.3. The zero-order chi connectivity index (χ0) is 19.9. The largest absolute Gasteiger partial charge is 0.338 e. The number of amides is 2. The summed E-state index contributed by atoms with van der Waals surface area (Å²) in [7, 11) is 0. The Labute approximate surface area is 168 Å². The molecule has 2 heterocycles. The second-order valence-corrected chi connectivity index (χ2v) is 6.72. The Bertz CT molecular complexity index is 1020. The number of aromatic nitrogens is 4. The van der Waals surface area contributed by atoms with Gasteiger partial charge in [-0.25, -0.2) is 14.3 Å². The Morgan fingerprint density at radius 1 is 0.966 bits per heavy atom. The minimum Gasteiger partial charge on any atom is -0.338 e. The number of rotatable bonds is 7. The molecule has 2 amide bonds. The Morgan fingerprint density at radius 3 is 2.34 bits per heavy atom. The molecule has 4 rings (SSSR count). The van der Waals surface area contributed by atoms with Gasteiger partial charge in [0.15, 0.2) is 0 Å². The van der Waals surface area contributed by atoms with Gasteiger partial charge in [0, 0.05) is 18.9 Å². The van der Waals surface area contributed by atoms with Crippen LogP contribution in [0.2, 0.25) is 0 Å². The molecule has 4 aromatic rings. The molecule has 0 spiro atoms. The quantitative estimate of drug-likeness (QED) is 0.478. The van der Waals surface area contributed by atoms with Crippen LogP contribution < -0.4 is 10.6 Å². The van der Waals surface area contributed by atoms with Gasteiger partial charge in [-0.05, 0) is 29.5 Å². The van der Waals surface area contributed by atoms with Crippen molar-refractivity contribution in [3.8, 4) is 0 Å². The first-order valence-electron chi connectivity index (χ1n) is 9.58. The summed E-state index contributed by atoms with van der Waals surface area (Å²) in [5.74, 6) is 0.583. The van der Waals surface area contributed by atoms with Crippen LogP contribution in [0, 0.1) is 0 Å². The Kier molecular flexibility index (Phi) is 5.76. The van der Waals surface area contributed by atoms with E-state index in [0.29, 0.717) is 12.3 Å². The summed E-state index contributed by atoms with van der Waals surface area (Å²) in [5.41, 5.74) is 3.14. The molecule has 0 radical (unpaired) electrons. The highest BCUT2D eigenvalue weighted by Crippen LogP contribution is 2.21. The van der Waals surface area contributed by atoms with Gasteiger partial charge in [-0.15, -0.1) is 0 Å². The van der Waals surface area contributed by atoms with Crippen LogP contribution in [0.3, 0.4) is 0 Å². The fourth-order valence-electron chi connectivity index (χ4n) is 3.21. The summed E-state index contributed by atoms with van der Waals surface area (Å²) in [6.07, 6.45) is 6.79. The molecule has 0 saturated heterocycles. The van der Waals surface area contributed by atoms with Gasteiger partial charge in [0.25, 0.3) is 5.78 Å². The maximum absolute atomic E-state index is 12.5. The van der Waals surface area contributed by atoms with Crippen LogP contribution in [0.5, 0.6) is 0 Å². The summed E-state index contributed by atoms with van der Waals surface area (Å²) in [5, 5.41) is 10.1. The van der Waals surface area contributed by atoms with E-state index in [1.54, 1.807) is 10.7 Å². The summed E-state index contributed by atoms with van der Waals surface area (Å²) < 4.78 is 1.65. The maximum Gasteiger partial charge on any atom is 0.315 e. The maximum atomic E-state index is 12.5. The lowest BCUT2D eigenvalue weighted by atomic mass is 9.99. The van der Waals surface area contributed by atoms with E-state index in [0.717, 1.165) is 29.5 Å². The van der Waals surface area contributed by atoms with Gasteiger partial charge in [-0.2, -0.15) is 10.1 Å². The molecule has 2 N–H and O–H groups in total. The van der Waals surface area contributed by atoms with Crippen molar-refractivity contribution in [2.24, 2.45) is 0 Å². The number of carbonyl (C=O) groups is 1. The van der Waals surface area contributed by atoms with Crippen molar-refractivity contribution in [2.45, 2.75) is 18.9 Å². The summed E-state index contributed by atoms with van der Waals surface area (Å²) in [4.78, 5) is 20.8. The van der Waals surface area contributed by atoms with Crippen LogP contribution in [0.4, 0.5) is 4.79 Å². The van der Waals surface area contributed by atoms with Gasteiger partial charge in [0.1, 0.15) is 6.33 Å². The number of urea groups is 1. The van der Waals surface area contributed by atoms with E-state index >= 15 is 0 Å². The minimum absolute atomic E-state index is 0.187. The number of nitrogens with zero attached hydrogens (tertiary/aromatic N) is 4. The molecular weight excluding hydrogens is 364 g/mol. The van der Waals surface area contributed by atoms with E-state index in [1.807, 2.05) is 66.9 Å². The molecule has 146 valence electrons. The molecule has 0 bridgehead atoms. The smallest absolute Gasteiger partial charge is 0.315 e. The first-order valence-corrected chi connectivity index (χ1v) is 9.58. The average Bonchev–Trinajstić information content (AvgIpc) is 3.24. The highest BCUT2D eigenvalue weighted by atomic mass is 16.2. The molecular formula is C22H22N6O. The summed E-state index contributed by atoms with van der Waals surface area (Å²) in [6.45, 7) is 0.567. The summed E-state index contributed by atoms with van der Waals surface area (Å²) >= 11 is 0. The standard InChI is InChI=1S/C22H22N6O/c29-22(23-13-7-8-17-14-24-21-25-16-26-28(21)15-17)27-20(18-9-3-1-4-10-18)19-11-5-2-6-12-19/h1-6,9-12,14-16,20H,7-8,13H2,(H2,23,27,29). The molecule has 2 aromatic heterocycles. The highest BCUT2D eigenvalue weighted by Gasteiger charge is 2.16. The molecule has 2 aromatic carbocycles. The molecule has 0 unspecified atom stereocenters. The van der Waals surface area contributed by atoms with Crippen LogP contribution in [0.15, 0.2) is 79.4 Å². The van der Waals surface area contributed by atoms with Crippen molar-refractivity contribution in [3.63, 3.8) is 0 Å². The van der Waals surface area contributed by atoms with Crippen LogP contribution in [-0.2, 0) is 6.42 Å². The number of benzene rings is 2. The zero-order valence-corrected chi connectivity index (χ0v) is 15.9. The number of nitrogens with one attached hydrogen (secondary N) is 2. The van der Waals surface area contributed by atoms with Gasteiger partial charge in [-0.3, -0.25) is 0 Å². The van der Waals surface area contributed by atoms with Crippen molar-refractivity contribution >= 4 is 11.8 Å². The number of hydrogen-bond acceptors (Lipinski definition) is 4. The molecule has 0 fully saturated rings.